The monoisotopic (exact) mass is 326 g/mol. The number of aromatic nitrogens is 1. The Bertz CT molecular complexity index is 676. The van der Waals surface area contributed by atoms with Gasteiger partial charge in [0, 0.05) is 18.2 Å². The van der Waals surface area contributed by atoms with Crippen LogP contribution in [0.3, 0.4) is 0 Å². The topological polar surface area (TPSA) is 68.3 Å². The number of amides is 1. The fourth-order valence-electron chi connectivity index (χ4n) is 2.17. The molecule has 0 spiro atoms. The molecule has 126 valence electrons. The van der Waals surface area contributed by atoms with Crippen molar-refractivity contribution >= 4 is 12.4 Å². The molecule has 24 heavy (non-hydrogen) atoms. The lowest BCUT2D eigenvalue weighted by Crippen LogP contribution is -2.41. The summed E-state index contributed by atoms with van der Waals surface area (Å²) in [6, 6.07) is 13.0. The number of rotatable bonds is 5. The molecule has 0 fully saturated rings. The molecule has 1 aromatic heterocycles. The van der Waals surface area contributed by atoms with Crippen LogP contribution in [0.15, 0.2) is 48.7 Å². The molecule has 0 aliphatic rings. The maximum Gasteiger partial charge on any atom is 0.408 e. The predicted octanol–water partition coefficient (Wildman–Crippen LogP) is 3.38. The summed E-state index contributed by atoms with van der Waals surface area (Å²) < 4.78 is 5.16. The molecule has 0 radical (unpaired) electrons. The molecule has 2 aromatic rings. The maximum absolute atomic E-state index is 11.7. The van der Waals surface area contributed by atoms with Crippen molar-refractivity contribution in [2.45, 2.75) is 38.8 Å². The highest BCUT2D eigenvalue weighted by atomic mass is 16.6. The SMILES string of the molecule is CC(C)(C)OC(=O)NC(C=O)Cc1ccc(-c2ccccc2)nc1. The first-order chi connectivity index (χ1) is 11.4. The van der Waals surface area contributed by atoms with Gasteiger partial charge < -0.3 is 14.8 Å². The van der Waals surface area contributed by atoms with Crippen LogP contribution in [0.2, 0.25) is 0 Å². The summed E-state index contributed by atoms with van der Waals surface area (Å²) >= 11 is 0. The number of pyridine rings is 1. The average molecular weight is 326 g/mol. The second-order valence-corrected chi connectivity index (χ2v) is 6.51. The molecule has 1 N–H and O–H groups in total. The van der Waals surface area contributed by atoms with Gasteiger partial charge in [-0.05, 0) is 32.4 Å². The van der Waals surface area contributed by atoms with E-state index < -0.39 is 17.7 Å². The molecular formula is C19H22N2O3. The Morgan fingerprint density at radius 2 is 1.92 bits per heavy atom. The highest BCUT2D eigenvalue weighted by Crippen LogP contribution is 2.16. The average Bonchev–Trinajstić information content (AvgIpc) is 2.54. The van der Waals surface area contributed by atoms with Crippen molar-refractivity contribution in [3.63, 3.8) is 0 Å². The van der Waals surface area contributed by atoms with E-state index in [9.17, 15) is 9.59 Å². The third-order valence-corrected chi connectivity index (χ3v) is 3.22. The smallest absolute Gasteiger partial charge is 0.408 e. The van der Waals surface area contributed by atoms with Gasteiger partial charge in [0.25, 0.3) is 0 Å². The summed E-state index contributed by atoms with van der Waals surface area (Å²) in [5.74, 6) is 0. The van der Waals surface area contributed by atoms with Crippen molar-refractivity contribution in [2.75, 3.05) is 0 Å². The minimum absolute atomic E-state index is 0.366. The number of carbonyl (C=O) groups excluding carboxylic acids is 2. The Hall–Kier alpha value is -2.69. The van der Waals surface area contributed by atoms with Crippen molar-refractivity contribution in [3.8, 4) is 11.3 Å². The van der Waals surface area contributed by atoms with Crippen molar-refractivity contribution in [2.24, 2.45) is 0 Å². The van der Waals surface area contributed by atoms with Gasteiger partial charge in [-0.3, -0.25) is 4.98 Å². The summed E-state index contributed by atoms with van der Waals surface area (Å²) in [6.07, 6.45) is 2.18. The van der Waals surface area contributed by atoms with Crippen LogP contribution in [0.5, 0.6) is 0 Å². The van der Waals surface area contributed by atoms with E-state index in [0.29, 0.717) is 12.7 Å². The predicted molar refractivity (Wildman–Crippen MR) is 92.6 cm³/mol. The molecule has 1 heterocycles. The number of aldehydes is 1. The third kappa shape index (κ3) is 5.50. The van der Waals surface area contributed by atoms with Gasteiger partial charge in [0.1, 0.15) is 11.9 Å². The van der Waals surface area contributed by atoms with E-state index in [1.54, 1.807) is 27.0 Å². The Labute approximate surface area is 142 Å². The fourth-order valence-corrected chi connectivity index (χ4v) is 2.17. The molecule has 5 heteroatoms. The summed E-state index contributed by atoms with van der Waals surface area (Å²) in [6.45, 7) is 5.32. The van der Waals surface area contributed by atoms with Crippen molar-refractivity contribution in [1.29, 1.82) is 0 Å². The normalized spacial score (nSPS) is 12.3. The lowest BCUT2D eigenvalue weighted by atomic mass is 10.1. The van der Waals surface area contributed by atoms with Crippen LogP contribution in [-0.4, -0.2) is 29.0 Å². The number of ether oxygens (including phenoxy) is 1. The quantitative estimate of drug-likeness (QED) is 0.855. The van der Waals surface area contributed by atoms with Crippen LogP contribution < -0.4 is 5.32 Å². The lowest BCUT2D eigenvalue weighted by Gasteiger charge is -2.21. The summed E-state index contributed by atoms with van der Waals surface area (Å²) in [5.41, 5.74) is 2.16. The maximum atomic E-state index is 11.7. The van der Waals surface area contributed by atoms with E-state index >= 15 is 0 Å². The molecule has 2 rings (SSSR count). The molecule has 0 saturated heterocycles. The Balaban J connectivity index is 1.98. The van der Waals surface area contributed by atoms with E-state index in [-0.39, 0.29) is 0 Å². The molecular weight excluding hydrogens is 304 g/mol. The van der Waals surface area contributed by atoms with E-state index in [4.69, 9.17) is 4.74 Å². The number of benzene rings is 1. The number of nitrogens with one attached hydrogen (secondary N) is 1. The van der Waals surface area contributed by atoms with E-state index in [0.717, 1.165) is 16.8 Å². The van der Waals surface area contributed by atoms with Crippen LogP contribution in [0.4, 0.5) is 4.79 Å². The molecule has 0 bridgehead atoms. The lowest BCUT2D eigenvalue weighted by molar-refractivity contribution is -0.109. The van der Waals surface area contributed by atoms with Gasteiger partial charge in [-0.1, -0.05) is 36.4 Å². The Morgan fingerprint density at radius 1 is 1.21 bits per heavy atom. The molecule has 1 atom stereocenters. The van der Waals surface area contributed by atoms with Crippen molar-refractivity contribution in [3.05, 3.63) is 54.2 Å². The second kappa shape index (κ2) is 7.73. The van der Waals surface area contributed by atoms with Crippen LogP contribution in [0, 0.1) is 0 Å². The minimum atomic E-state index is -0.649. The van der Waals surface area contributed by atoms with Gasteiger partial charge in [-0.2, -0.15) is 0 Å². The molecule has 0 aliphatic heterocycles. The summed E-state index contributed by atoms with van der Waals surface area (Å²) in [7, 11) is 0. The zero-order valence-corrected chi connectivity index (χ0v) is 14.2. The molecule has 0 saturated carbocycles. The van der Waals surface area contributed by atoms with Gasteiger partial charge in [-0.15, -0.1) is 0 Å². The molecule has 5 nitrogen and oxygen atoms in total. The largest absolute Gasteiger partial charge is 0.444 e. The number of nitrogens with zero attached hydrogens (tertiary/aromatic N) is 1. The Morgan fingerprint density at radius 3 is 2.46 bits per heavy atom. The second-order valence-electron chi connectivity index (χ2n) is 6.51. The van der Waals surface area contributed by atoms with Gasteiger partial charge in [-0.25, -0.2) is 4.79 Å². The highest BCUT2D eigenvalue weighted by molar-refractivity contribution is 5.73. The molecule has 0 aliphatic carbocycles. The molecule has 1 unspecified atom stereocenters. The number of hydrogen-bond acceptors (Lipinski definition) is 4. The zero-order chi connectivity index (χ0) is 17.6. The van der Waals surface area contributed by atoms with Gasteiger partial charge in [0.2, 0.25) is 0 Å². The Kier molecular flexibility index (Phi) is 5.68. The fraction of sp³-hybridized carbons (Fsp3) is 0.316. The molecule has 1 aromatic carbocycles. The summed E-state index contributed by atoms with van der Waals surface area (Å²) in [4.78, 5) is 27.4. The first-order valence-corrected chi connectivity index (χ1v) is 7.82. The van der Waals surface area contributed by atoms with E-state index in [1.165, 1.54) is 0 Å². The first-order valence-electron chi connectivity index (χ1n) is 7.82. The number of alkyl carbamates (subject to hydrolysis) is 1. The van der Waals surface area contributed by atoms with Crippen LogP contribution in [0.1, 0.15) is 26.3 Å². The van der Waals surface area contributed by atoms with Crippen molar-refractivity contribution < 1.29 is 14.3 Å². The van der Waals surface area contributed by atoms with Gasteiger partial charge >= 0.3 is 6.09 Å². The highest BCUT2D eigenvalue weighted by Gasteiger charge is 2.19. The van der Waals surface area contributed by atoms with Gasteiger partial charge in [0.15, 0.2) is 0 Å². The number of carbonyl (C=O) groups is 2. The zero-order valence-electron chi connectivity index (χ0n) is 14.2. The van der Waals surface area contributed by atoms with E-state index in [1.807, 2.05) is 42.5 Å². The standard InChI is InChI=1S/C19H22N2O3/c1-19(2,3)24-18(23)21-16(13-22)11-14-9-10-17(20-12-14)15-7-5-4-6-8-15/h4-10,12-13,16H,11H2,1-3H3,(H,21,23). The summed E-state index contributed by atoms with van der Waals surface area (Å²) in [5, 5.41) is 2.56. The molecule has 1 amide bonds. The first kappa shape index (κ1) is 17.7. The van der Waals surface area contributed by atoms with E-state index in [2.05, 4.69) is 10.3 Å². The number of hydrogen-bond donors (Lipinski definition) is 1. The van der Waals surface area contributed by atoms with Crippen LogP contribution in [0.25, 0.3) is 11.3 Å². The van der Waals surface area contributed by atoms with Crippen LogP contribution >= 0.6 is 0 Å². The van der Waals surface area contributed by atoms with Crippen LogP contribution in [-0.2, 0) is 16.0 Å². The third-order valence-electron chi connectivity index (χ3n) is 3.22. The van der Waals surface area contributed by atoms with Crippen molar-refractivity contribution in [1.82, 2.24) is 10.3 Å². The van der Waals surface area contributed by atoms with Gasteiger partial charge in [0.05, 0.1) is 11.7 Å². The minimum Gasteiger partial charge on any atom is -0.444 e.